The predicted molar refractivity (Wildman–Crippen MR) is 81.1 cm³/mol. The first kappa shape index (κ1) is 14.9. The van der Waals surface area contributed by atoms with Crippen LogP contribution in [0.4, 0.5) is 0 Å². The standard InChI is InChI=1S/C17H31NO/c1-4-18-16(15-9-5-8-12-19-15)17(13-14(2)3)10-6-7-11-17/h9,14,16,18H,4-8,10-13H2,1-3H3. The molecule has 2 nitrogen and oxygen atoms in total. The van der Waals surface area contributed by atoms with E-state index in [4.69, 9.17) is 4.74 Å². The van der Waals surface area contributed by atoms with Crippen LogP contribution >= 0.6 is 0 Å². The van der Waals surface area contributed by atoms with E-state index < -0.39 is 0 Å². The van der Waals surface area contributed by atoms with E-state index in [9.17, 15) is 0 Å². The molecule has 1 heterocycles. The Morgan fingerprint density at radius 2 is 2.00 bits per heavy atom. The Morgan fingerprint density at radius 3 is 2.53 bits per heavy atom. The Labute approximate surface area is 119 Å². The highest BCUT2D eigenvalue weighted by atomic mass is 16.5. The van der Waals surface area contributed by atoms with Gasteiger partial charge in [-0.3, -0.25) is 0 Å². The lowest BCUT2D eigenvalue weighted by Gasteiger charge is -2.41. The number of nitrogens with one attached hydrogen (secondary N) is 1. The van der Waals surface area contributed by atoms with Gasteiger partial charge in [-0.25, -0.2) is 0 Å². The monoisotopic (exact) mass is 265 g/mol. The minimum atomic E-state index is 0.438. The molecule has 0 bridgehead atoms. The third kappa shape index (κ3) is 3.53. The largest absolute Gasteiger partial charge is 0.497 e. The zero-order chi connectivity index (χ0) is 13.7. The maximum absolute atomic E-state index is 6.01. The van der Waals surface area contributed by atoms with Gasteiger partial charge in [-0.05, 0) is 56.1 Å². The third-order valence-electron chi connectivity index (χ3n) is 4.68. The smallest absolute Gasteiger partial charge is 0.109 e. The average molecular weight is 265 g/mol. The van der Waals surface area contributed by atoms with Crippen molar-refractivity contribution in [2.45, 2.75) is 71.8 Å². The highest BCUT2D eigenvalue weighted by Crippen LogP contribution is 2.48. The van der Waals surface area contributed by atoms with Gasteiger partial charge < -0.3 is 10.1 Å². The molecule has 1 fully saturated rings. The van der Waals surface area contributed by atoms with Crippen LogP contribution in [0.25, 0.3) is 0 Å². The summed E-state index contributed by atoms with van der Waals surface area (Å²) in [6.07, 6.45) is 11.5. The van der Waals surface area contributed by atoms with Crippen molar-refractivity contribution in [3.63, 3.8) is 0 Å². The summed E-state index contributed by atoms with van der Waals surface area (Å²) >= 11 is 0. The van der Waals surface area contributed by atoms with E-state index in [-0.39, 0.29) is 0 Å². The van der Waals surface area contributed by atoms with Gasteiger partial charge in [0.2, 0.25) is 0 Å². The molecule has 0 radical (unpaired) electrons. The maximum atomic E-state index is 6.01. The molecule has 0 spiro atoms. The van der Waals surface area contributed by atoms with Crippen LogP contribution < -0.4 is 5.32 Å². The van der Waals surface area contributed by atoms with Crippen molar-refractivity contribution < 1.29 is 4.74 Å². The van der Waals surface area contributed by atoms with Crippen LogP contribution in [0.2, 0.25) is 0 Å². The molecule has 1 aliphatic heterocycles. The number of hydrogen-bond donors (Lipinski definition) is 1. The molecular formula is C17H31NO. The molecule has 1 atom stereocenters. The second kappa shape index (κ2) is 6.78. The number of hydrogen-bond acceptors (Lipinski definition) is 2. The van der Waals surface area contributed by atoms with Crippen LogP contribution in [-0.4, -0.2) is 19.2 Å². The summed E-state index contributed by atoms with van der Waals surface area (Å²) in [5.74, 6) is 2.01. The summed E-state index contributed by atoms with van der Waals surface area (Å²) in [4.78, 5) is 0. The number of rotatable bonds is 6. The zero-order valence-electron chi connectivity index (χ0n) is 13.0. The molecule has 0 aromatic carbocycles. The van der Waals surface area contributed by atoms with Crippen LogP contribution in [0.15, 0.2) is 11.8 Å². The Hall–Kier alpha value is -0.500. The van der Waals surface area contributed by atoms with Gasteiger partial charge >= 0.3 is 0 Å². The van der Waals surface area contributed by atoms with E-state index >= 15 is 0 Å². The van der Waals surface area contributed by atoms with Crippen molar-refractivity contribution in [2.24, 2.45) is 11.3 Å². The van der Waals surface area contributed by atoms with Crippen LogP contribution in [0.1, 0.15) is 65.7 Å². The molecular weight excluding hydrogens is 234 g/mol. The molecule has 0 saturated heterocycles. The summed E-state index contributed by atoms with van der Waals surface area (Å²) < 4.78 is 6.01. The van der Waals surface area contributed by atoms with Gasteiger partial charge in [-0.15, -0.1) is 0 Å². The highest BCUT2D eigenvalue weighted by molar-refractivity contribution is 5.13. The molecule has 1 N–H and O–H groups in total. The summed E-state index contributed by atoms with van der Waals surface area (Å²) in [5, 5.41) is 3.75. The molecule has 2 heteroatoms. The van der Waals surface area contributed by atoms with Gasteiger partial charge in [0.25, 0.3) is 0 Å². The quantitative estimate of drug-likeness (QED) is 0.774. The van der Waals surface area contributed by atoms with Crippen molar-refractivity contribution in [1.29, 1.82) is 0 Å². The average Bonchev–Trinajstić information content (AvgIpc) is 2.85. The Morgan fingerprint density at radius 1 is 1.26 bits per heavy atom. The van der Waals surface area contributed by atoms with Crippen LogP contribution in [0.3, 0.4) is 0 Å². The fourth-order valence-corrected chi connectivity index (χ4v) is 4.10. The summed E-state index contributed by atoms with van der Waals surface area (Å²) in [7, 11) is 0. The van der Waals surface area contributed by atoms with E-state index in [1.807, 2.05) is 0 Å². The normalized spacial score (nSPS) is 24.1. The van der Waals surface area contributed by atoms with E-state index in [0.717, 1.165) is 19.1 Å². The van der Waals surface area contributed by atoms with E-state index in [1.54, 1.807) is 0 Å². The summed E-state index contributed by atoms with van der Waals surface area (Å²) in [5.41, 5.74) is 0.438. The molecule has 2 rings (SSSR count). The second-order valence-corrected chi connectivity index (χ2v) is 6.76. The predicted octanol–water partition coefficient (Wildman–Crippen LogP) is 4.27. The SMILES string of the molecule is CCNC(C1=CCCCO1)C1(CC(C)C)CCCC1. The summed E-state index contributed by atoms with van der Waals surface area (Å²) in [6.45, 7) is 8.88. The zero-order valence-corrected chi connectivity index (χ0v) is 13.0. The third-order valence-corrected chi connectivity index (χ3v) is 4.68. The number of likely N-dealkylation sites (N-methyl/N-ethyl adjacent to an activating group) is 1. The van der Waals surface area contributed by atoms with Crippen molar-refractivity contribution in [3.05, 3.63) is 11.8 Å². The van der Waals surface area contributed by atoms with Gasteiger partial charge in [0.1, 0.15) is 5.76 Å². The Bertz CT molecular complexity index is 302. The molecule has 1 saturated carbocycles. The molecule has 1 unspecified atom stereocenters. The van der Waals surface area contributed by atoms with E-state index in [1.165, 1.54) is 50.7 Å². The molecule has 2 aliphatic rings. The van der Waals surface area contributed by atoms with Crippen molar-refractivity contribution >= 4 is 0 Å². The molecule has 19 heavy (non-hydrogen) atoms. The minimum Gasteiger partial charge on any atom is -0.497 e. The molecule has 110 valence electrons. The van der Waals surface area contributed by atoms with Gasteiger partial charge in [0.05, 0.1) is 12.6 Å². The molecule has 0 aromatic heterocycles. The van der Waals surface area contributed by atoms with Gasteiger partial charge in [-0.1, -0.05) is 33.6 Å². The maximum Gasteiger partial charge on any atom is 0.109 e. The highest BCUT2D eigenvalue weighted by Gasteiger charge is 2.43. The van der Waals surface area contributed by atoms with Crippen LogP contribution in [-0.2, 0) is 4.74 Å². The fourth-order valence-electron chi connectivity index (χ4n) is 4.10. The van der Waals surface area contributed by atoms with Crippen molar-refractivity contribution in [1.82, 2.24) is 5.32 Å². The first-order valence-electron chi connectivity index (χ1n) is 8.24. The first-order valence-corrected chi connectivity index (χ1v) is 8.24. The fraction of sp³-hybridized carbons (Fsp3) is 0.882. The van der Waals surface area contributed by atoms with Crippen molar-refractivity contribution in [2.75, 3.05) is 13.2 Å². The number of ether oxygens (including phenoxy) is 1. The first-order chi connectivity index (χ1) is 9.18. The van der Waals surface area contributed by atoms with E-state index in [2.05, 4.69) is 32.2 Å². The molecule has 1 aliphatic carbocycles. The lowest BCUT2D eigenvalue weighted by atomic mass is 9.71. The second-order valence-electron chi connectivity index (χ2n) is 6.76. The molecule has 0 aromatic rings. The Balaban J connectivity index is 2.20. The molecule has 0 amide bonds. The topological polar surface area (TPSA) is 21.3 Å². The summed E-state index contributed by atoms with van der Waals surface area (Å²) in [6, 6.07) is 0.447. The van der Waals surface area contributed by atoms with Gasteiger partial charge in [-0.2, -0.15) is 0 Å². The van der Waals surface area contributed by atoms with Crippen LogP contribution in [0, 0.1) is 11.3 Å². The van der Waals surface area contributed by atoms with E-state index in [0.29, 0.717) is 11.5 Å². The number of allylic oxidation sites excluding steroid dienone is 1. The lowest BCUT2D eigenvalue weighted by Crippen LogP contribution is -2.47. The van der Waals surface area contributed by atoms with Gasteiger partial charge in [0.15, 0.2) is 0 Å². The van der Waals surface area contributed by atoms with Crippen LogP contribution in [0.5, 0.6) is 0 Å². The minimum absolute atomic E-state index is 0.438. The Kier molecular flexibility index (Phi) is 5.32. The van der Waals surface area contributed by atoms with Gasteiger partial charge in [0, 0.05) is 0 Å². The lowest BCUT2D eigenvalue weighted by molar-refractivity contribution is 0.0959. The van der Waals surface area contributed by atoms with Crippen molar-refractivity contribution in [3.8, 4) is 0 Å².